The first-order chi connectivity index (χ1) is 11.4. The van der Waals surface area contributed by atoms with Gasteiger partial charge in [-0.2, -0.15) is 0 Å². The molecule has 8 heteroatoms. The molecule has 128 valence electrons. The van der Waals surface area contributed by atoms with Crippen molar-refractivity contribution in [3.8, 4) is 11.5 Å². The number of hydrogen-bond acceptors (Lipinski definition) is 4. The van der Waals surface area contributed by atoms with Crippen LogP contribution in [0.5, 0.6) is 11.5 Å². The number of benzene rings is 2. The minimum atomic E-state index is -3.83. The number of hydrogen-bond donors (Lipinski definition) is 1. The van der Waals surface area contributed by atoms with Gasteiger partial charge < -0.3 is 9.47 Å². The van der Waals surface area contributed by atoms with Crippen LogP contribution in [0.4, 0.5) is 4.39 Å². The number of para-hydroxylation sites is 1. The van der Waals surface area contributed by atoms with Crippen LogP contribution in [0.3, 0.4) is 0 Å². The first kappa shape index (κ1) is 17.0. The van der Waals surface area contributed by atoms with E-state index in [2.05, 4.69) is 4.72 Å². The maximum Gasteiger partial charge on any atom is 0.241 e. The lowest BCUT2D eigenvalue weighted by Gasteiger charge is -2.27. The lowest BCUT2D eigenvalue weighted by Crippen LogP contribution is -2.42. The predicted octanol–water partition coefficient (Wildman–Crippen LogP) is 2.77. The zero-order valence-electron chi connectivity index (χ0n) is 12.8. The Morgan fingerprint density at radius 1 is 1.33 bits per heavy atom. The number of ether oxygens (including phenoxy) is 2. The lowest BCUT2D eigenvalue weighted by molar-refractivity contribution is 0.240. The van der Waals surface area contributed by atoms with Gasteiger partial charge in [0, 0.05) is 0 Å². The van der Waals surface area contributed by atoms with Crippen molar-refractivity contribution in [2.45, 2.75) is 17.4 Å². The number of sulfonamides is 1. The molecule has 0 unspecified atom stereocenters. The molecule has 0 bridgehead atoms. The molecule has 2 aromatic rings. The number of fused-ring (bicyclic) bond motifs is 1. The van der Waals surface area contributed by atoms with Crippen LogP contribution in [0.1, 0.15) is 5.56 Å². The quantitative estimate of drug-likeness (QED) is 0.897. The molecule has 0 saturated carbocycles. The topological polar surface area (TPSA) is 64.6 Å². The van der Waals surface area contributed by atoms with Crippen molar-refractivity contribution in [3.63, 3.8) is 0 Å². The first-order valence-corrected chi connectivity index (χ1v) is 9.03. The lowest BCUT2D eigenvalue weighted by atomic mass is 10.0. The highest BCUT2D eigenvalue weighted by atomic mass is 35.5. The Bertz CT molecular complexity index is 872. The fourth-order valence-corrected chi connectivity index (χ4v) is 4.05. The van der Waals surface area contributed by atoms with Crippen LogP contribution in [0.15, 0.2) is 41.3 Å². The maximum atomic E-state index is 13.2. The van der Waals surface area contributed by atoms with E-state index in [9.17, 15) is 12.8 Å². The number of rotatable bonds is 4. The van der Waals surface area contributed by atoms with Gasteiger partial charge in [0.05, 0.1) is 23.1 Å². The second-order valence-corrected chi connectivity index (χ2v) is 7.48. The number of methoxy groups -OCH3 is 1. The molecule has 1 atom stereocenters. The summed E-state index contributed by atoms with van der Waals surface area (Å²) >= 11 is 5.66. The van der Waals surface area contributed by atoms with E-state index < -0.39 is 21.9 Å². The fourth-order valence-electron chi connectivity index (χ4n) is 2.56. The molecule has 5 nitrogen and oxygen atoms in total. The highest BCUT2D eigenvalue weighted by Gasteiger charge is 2.27. The van der Waals surface area contributed by atoms with E-state index in [4.69, 9.17) is 21.1 Å². The summed E-state index contributed by atoms with van der Waals surface area (Å²) in [5, 5.41) is -0.243. The molecule has 1 aliphatic rings. The molecule has 0 saturated heterocycles. The molecule has 1 aliphatic heterocycles. The Hall–Kier alpha value is -1.83. The minimum absolute atomic E-state index is 0.0923. The largest absolute Gasteiger partial charge is 0.493 e. The van der Waals surface area contributed by atoms with E-state index >= 15 is 0 Å². The Morgan fingerprint density at radius 3 is 2.83 bits per heavy atom. The summed E-state index contributed by atoms with van der Waals surface area (Å²) in [5.74, 6) is 0.567. The molecule has 0 radical (unpaired) electrons. The van der Waals surface area contributed by atoms with Crippen LogP contribution in [0, 0.1) is 5.82 Å². The van der Waals surface area contributed by atoms with Crippen molar-refractivity contribution in [1.82, 2.24) is 4.72 Å². The van der Waals surface area contributed by atoms with Gasteiger partial charge in [-0.3, -0.25) is 0 Å². The monoisotopic (exact) mass is 371 g/mol. The van der Waals surface area contributed by atoms with Gasteiger partial charge in [0.25, 0.3) is 0 Å². The van der Waals surface area contributed by atoms with Crippen LogP contribution < -0.4 is 14.2 Å². The Morgan fingerprint density at radius 2 is 2.12 bits per heavy atom. The standard InChI is InChI=1S/C16H15ClFNO4S/c1-22-15-4-2-3-10-7-11(9-23-16(10)15)19-24(20,21)12-5-6-14(18)13(17)8-12/h2-6,8,11,19H,7,9H2,1H3/t11-/m0/s1. The highest BCUT2D eigenvalue weighted by molar-refractivity contribution is 7.89. The van der Waals surface area contributed by atoms with Crippen LogP contribution in [0.2, 0.25) is 5.02 Å². The van der Waals surface area contributed by atoms with E-state index in [0.29, 0.717) is 17.9 Å². The number of halogens is 2. The van der Waals surface area contributed by atoms with Crippen LogP contribution in [-0.4, -0.2) is 28.2 Å². The summed E-state index contributed by atoms with van der Waals surface area (Å²) in [6.07, 6.45) is 0.459. The second kappa shape index (κ2) is 6.58. The van der Waals surface area contributed by atoms with Crippen molar-refractivity contribution < 1.29 is 22.3 Å². The fraction of sp³-hybridized carbons (Fsp3) is 0.250. The normalized spacial score (nSPS) is 17.0. The van der Waals surface area contributed by atoms with Crippen LogP contribution in [-0.2, 0) is 16.4 Å². The Kier molecular flexibility index (Phi) is 4.67. The summed E-state index contributed by atoms with van der Waals surface area (Å²) in [6, 6.07) is 8.28. The van der Waals surface area contributed by atoms with Gasteiger partial charge in [0.2, 0.25) is 10.0 Å². The van der Waals surface area contributed by atoms with Gasteiger partial charge in [-0.1, -0.05) is 23.7 Å². The molecule has 2 aromatic carbocycles. The van der Waals surface area contributed by atoms with E-state index in [-0.39, 0.29) is 16.5 Å². The van der Waals surface area contributed by atoms with E-state index in [0.717, 1.165) is 17.7 Å². The van der Waals surface area contributed by atoms with Crippen LogP contribution in [0.25, 0.3) is 0 Å². The molecule has 1 heterocycles. The van der Waals surface area contributed by atoms with Crippen molar-refractivity contribution in [2.75, 3.05) is 13.7 Å². The second-order valence-electron chi connectivity index (χ2n) is 5.36. The summed E-state index contributed by atoms with van der Waals surface area (Å²) in [7, 11) is -2.28. The Labute approximate surface area is 144 Å². The molecule has 0 aliphatic carbocycles. The van der Waals surface area contributed by atoms with Crippen LogP contribution >= 0.6 is 11.6 Å². The number of nitrogens with one attached hydrogen (secondary N) is 1. The van der Waals surface area contributed by atoms with E-state index in [1.165, 1.54) is 6.07 Å². The molecular formula is C16H15ClFNO4S. The summed E-state index contributed by atoms with van der Waals surface area (Å²) in [5.41, 5.74) is 0.852. The van der Waals surface area contributed by atoms with Gasteiger partial charge in [0.1, 0.15) is 12.4 Å². The summed E-state index contributed by atoms with van der Waals surface area (Å²) in [6.45, 7) is 0.168. The van der Waals surface area contributed by atoms with Crippen molar-refractivity contribution >= 4 is 21.6 Å². The SMILES string of the molecule is COc1cccc2c1OC[C@@H](NS(=O)(=O)c1ccc(F)c(Cl)c1)C2. The van der Waals surface area contributed by atoms with Gasteiger partial charge >= 0.3 is 0 Å². The van der Waals surface area contributed by atoms with E-state index in [1.54, 1.807) is 13.2 Å². The predicted molar refractivity (Wildman–Crippen MR) is 87.7 cm³/mol. The summed E-state index contributed by atoms with van der Waals surface area (Å²) in [4.78, 5) is -0.0923. The van der Waals surface area contributed by atoms with Gasteiger partial charge in [0.15, 0.2) is 11.5 Å². The van der Waals surface area contributed by atoms with E-state index in [1.807, 2.05) is 12.1 Å². The minimum Gasteiger partial charge on any atom is -0.493 e. The molecular weight excluding hydrogens is 357 g/mol. The zero-order valence-corrected chi connectivity index (χ0v) is 14.3. The van der Waals surface area contributed by atoms with Gasteiger partial charge in [-0.15, -0.1) is 0 Å². The third-order valence-electron chi connectivity index (χ3n) is 3.70. The molecule has 1 N–H and O–H groups in total. The average molecular weight is 372 g/mol. The zero-order chi connectivity index (χ0) is 17.3. The third kappa shape index (κ3) is 3.33. The smallest absolute Gasteiger partial charge is 0.241 e. The molecule has 24 heavy (non-hydrogen) atoms. The summed E-state index contributed by atoms with van der Waals surface area (Å²) < 4.78 is 51.5. The molecule has 0 fully saturated rings. The molecule has 0 amide bonds. The van der Waals surface area contributed by atoms with Gasteiger partial charge in [-0.05, 0) is 36.2 Å². The van der Waals surface area contributed by atoms with Crippen molar-refractivity contribution in [3.05, 3.63) is 52.8 Å². The highest BCUT2D eigenvalue weighted by Crippen LogP contribution is 2.34. The van der Waals surface area contributed by atoms with Gasteiger partial charge in [-0.25, -0.2) is 17.5 Å². The average Bonchev–Trinajstić information content (AvgIpc) is 2.56. The molecule has 3 rings (SSSR count). The van der Waals surface area contributed by atoms with Crippen molar-refractivity contribution in [2.24, 2.45) is 0 Å². The maximum absolute atomic E-state index is 13.2. The molecule has 0 spiro atoms. The third-order valence-corrected chi connectivity index (χ3v) is 5.51. The first-order valence-electron chi connectivity index (χ1n) is 7.17. The molecule has 0 aromatic heterocycles. The Balaban J connectivity index is 1.80. The van der Waals surface area contributed by atoms with Crippen molar-refractivity contribution in [1.29, 1.82) is 0 Å².